The van der Waals surface area contributed by atoms with Crippen molar-refractivity contribution in [2.45, 2.75) is 36.9 Å². The van der Waals surface area contributed by atoms with Gasteiger partial charge in [0.1, 0.15) is 11.8 Å². The molecule has 0 aliphatic heterocycles. The third-order valence-electron chi connectivity index (χ3n) is 5.42. The molecule has 28 heavy (non-hydrogen) atoms. The topological polar surface area (TPSA) is 200 Å². The quantitative estimate of drug-likeness (QED) is 0.294. The van der Waals surface area contributed by atoms with Gasteiger partial charge in [-0.15, -0.1) is 0 Å². The average molecular weight is 400 g/mol. The van der Waals surface area contributed by atoms with E-state index in [4.69, 9.17) is 0 Å². The number of carboxylic acids is 1. The number of aryl methyl sites for hydroxylation is 1. The highest BCUT2D eigenvalue weighted by atomic mass is 16.4. The average Bonchev–Trinajstić information content (AvgIpc) is 2.92. The molecule has 13 nitrogen and oxygen atoms in total. The first-order valence-corrected chi connectivity index (χ1v) is 8.30. The highest BCUT2D eigenvalue weighted by Gasteiger charge is 2.56. The van der Waals surface area contributed by atoms with Crippen LogP contribution in [-0.4, -0.2) is 74.1 Å². The van der Waals surface area contributed by atoms with E-state index in [9.17, 15) is 44.7 Å². The molecule has 1 aliphatic rings. The van der Waals surface area contributed by atoms with Gasteiger partial charge in [-0.2, -0.15) is 0 Å². The second-order valence-corrected chi connectivity index (χ2v) is 7.03. The maximum Gasteiger partial charge on any atom is 0.336 e. The van der Waals surface area contributed by atoms with Gasteiger partial charge in [0.2, 0.25) is 0 Å². The van der Waals surface area contributed by atoms with E-state index in [1.54, 1.807) is 0 Å². The third-order valence-corrected chi connectivity index (χ3v) is 5.42. The lowest BCUT2D eigenvalue weighted by Crippen LogP contribution is -2.64. The van der Waals surface area contributed by atoms with Gasteiger partial charge in [-0.25, -0.2) is 14.4 Å². The van der Waals surface area contributed by atoms with Crippen LogP contribution in [0.1, 0.15) is 6.42 Å². The van der Waals surface area contributed by atoms with Crippen molar-refractivity contribution in [1.29, 1.82) is 0 Å². The zero-order chi connectivity index (χ0) is 21.1. The van der Waals surface area contributed by atoms with Gasteiger partial charge in [-0.3, -0.25) is 23.5 Å². The molecular weight excluding hydrogens is 380 g/mol. The number of hydrogen-bond acceptors (Lipinski definition) is 8. The summed E-state index contributed by atoms with van der Waals surface area (Å²) in [7, 11) is 2.44. The van der Waals surface area contributed by atoms with Gasteiger partial charge in [-0.1, -0.05) is 0 Å². The lowest BCUT2D eigenvalue weighted by molar-refractivity contribution is -0.211. The summed E-state index contributed by atoms with van der Waals surface area (Å²) in [6.07, 6.45) is -6.17. The highest BCUT2D eigenvalue weighted by Crippen LogP contribution is 2.36. The molecule has 0 spiro atoms. The first-order valence-electron chi connectivity index (χ1n) is 8.30. The molecule has 154 valence electrons. The third kappa shape index (κ3) is 2.63. The number of aliphatic hydroxyl groups is 4. The van der Waals surface area contributed by atoms with E-state index in [1.165, 1.54) is 7.05 Å². The molecule has 5 atom stereocenters. The summed E-state index contributed by atoms with van der Waals surface area (Å²) >= 11 is 0. The molecule has 3 rings (SSSR count). The largest absolute Gasteiger partial charge is 0.479 e. The summed E-state index contributed by atoms with van der Waals surface area (Å²) in [5.74, 6) is -3.40. The van der Waals surface area contributed by atoms with E-state index in [1.807, 2.05) is 0 Å². The first-order chi connectivity index (χ1) is 12.9. The van der Waals surface area contributed by atoms with Crippen molar-refractivity contribution in [3.8, 4) is 0 Å². The van der Waals surface area contributed by atoms with Crippen LogP contribution in [0.5, 0.6) is 0 Å². The Bertz CT molecular complexity index is 1130. The summed E-state index contributed by atoms with van der Waals surface area (Å²) in [5, 5.41) is 50.0. The monoisotopic (exact) mass is 400 g/mol. The van der Waals surface area contributed by atoms with Gasteiger partial charge in [0.05, 0.1) is 12.2 Å². The predicted molar refractivity (Wildman–Crippen MR) is 91.8 cm³/mol. The Balaban J connectivity index is 2.25. The van der Waals surface area contributed by atoms with Gasteiger partial charge in [0, 0.05) is 33.0 Å². The Kier molecular flexibility index (Phi) is 4.58. The molecular formula is C15H20N4O9. The van der Waals surface area contributed by atoms with Crippen LogP contribution in [0.2, 0.25) is 0 Å². The van der Waals surface area contributed by atoms with Crippen LogP contribution in [0, 0.1) is 5.92 Å². The number of imidazole rings is 1. The number of hydrogen-bond donors (Lipinski definition) is 6. The minimum Gasteiger partial charge on any atom is -0.479 e. The number of carboxylic acid groups (broad SMARTS) is 1. The number of aromatic amines is 1. The van der Waals surface area contributed by atoms with Crippen molar-refractivity contribution in [2.75, 3.05) is 0 Å². The molecule has 1 fully saturated rings. The first kappa shape index (κ1) is 20.0. The van der Waals surface area contributed by atoms with E-state index >= 15 is 0 Å². The van der Waals surface area contributed by atoms with Gasteiger partial charge in [0.25, 0.3) is 5.56 Å². The number of aliphatic carboxylic acids is 1. The lowest BCUT2D eigenvalue weighted by atomic mass is 9.71. The minimum atomic E-state index is -2.67. The van der Waals surface area contributed by atoms with Gasteiger partial charge >= 0.3 is 17.3 Å². The Hall–Kier alpha value is -2.74. The SMILES string of the molecule is Cn1c(=O)c2c([nH]c(=O)n2C)n(CC2[C@@H](O)C(O)[C@H](O)CC2(O)C(=O)O)c1=O. The van der Waals surface area contributed by atoms with Crippen molar-refractivity contribution in [3.05, 3.63) is 31.3 Å². The van der Waals surface area contributed by atoms with Crippen molar-refractivity contribution < 1.29 is 30.3 Å². The second kappa shape index (κ2) is 6.41. The van der Waals surface area contributed by atoms with E-state index in [2.05, 4.69) is 4.98 Å². The Morgan fingerprint density at radius 2 is 1.75 bits per heavy atom. The van der Waals surface area contributed by atoms with Crippen molar-refractivity contribution in [3.63, 3.8) is 0 Å². The minimum absolute atomic E-state index is 0.170. The summed E-state index contributed by atoms with van der Waals surface area (Å²) in [6.45, 7) is -0.656. The Morgan fingerprint density at radius 3 is 2.32 bits per heavy atom. The summed E-state index contributed by atoms with van der Waals surface area (Å²) < 4.78 is 2.49. The summed E-state index contributed by atoms with van der Waals surface area (Å²) in [4.78, 5) is 50.8. The fraction of sp³-hybridized carbons (Fsp3) is 0.600. The number of H-pyrrole nitrogens is 1. The van der Waals surface area contributed by atoms with Crippen LogP contribution >= 0.6 is 0 Å². The molecule has 2 heterocycles. The predicted octanol–water partition coefficient (Wildman–Crippen LogP) is -4.35. The fourth-order valence-electron chi connectivity index (χ4n) is 3.68. The number of carbonyl (C=O) groups is 1. The van der Waals surface area contributed by atoms with E-state index in [-0.39, 0.29) is 11.2 Å². The maximum absolute atomic E-state index is 12.6. The number of nitrogens with zero attached hydrogens (tertiary/aromatic N) is 3. The normalized spacial score (nSPS) is 30.6. The lowest BCUT2D eigenvalue weighted by Gasteiger charge is -2.44. The second-order valence-electron chi connectivity index (χ2n) is 7.03. The summed E-state index contributed by atoms with van der Waals surface area (Å²) in [6, 6.07) is 0. The van der Waals surface area contributed by atoms with Crippen LogP contribution in [0.3, 0.4) is 0 Å². The Morgan fingerprint density at radius 1 is 1.14 bits per heavy atom. The maximum atomic E-state index is 12.6. The molecule has 1 aliphatic carbocycles. The van der Waals surface area contributed by atoms with Crippen molar-refractivity contribution in [1.82, 2.24) is 18.7 Å². The zero-order valence-electron chi connectivity index (χ0n) is 14.9. The van der Waals surface area contributed by atoms with Gasteiger partial charge in [-0.05, 0) is 0 Å². The molecule has 0 saturated heterocycles. The number of aromatic nitrogens is 4. The number of fused-ring (bicyclic) bond motifs is 1. The molecule has 3 unspecified atom stereocenters. The van der Waals surface area contributed by atoms with Crippen molar-refractivity contribution >= 4 is 17.1 Å². The number of rotatable bonds is 3. The van der Waals surface area contributed by atoms with Crippen LogP contribution in [0.4, 0.5) is 0 Å². The molecule has 2 aromatic rings. The number of aliphatic hydroxyl groups excluding tert-OH is 3. The summed E-state index contributed by atoms with van der Waals surface area (Å²) in [5.41, 5.74) is -5.48. The fourth-order valence-corrected chi connectivity index (χ4v) is 3.68. The zero-order valence-corrected chi connectivity index (χ0v) is 14.9. The van der Waals surface area contributed by atoms with Crippen LogP contribution in [0.15, 0.2) is 14.4 Å². The Labute approximate surface area is 155 Å². The van der Waals surface area contributed by atoms with E-state index in [0.717, 1.165) is 16.2 Å². The molecule has 2 aromatic heterocycles. The van der Waals surface area contributed by atoms with Crippen molar-refractivity contribution in [2.24, 2.45) is 20.0 Å². The molecule has 13 heteroatoms. The van der Waals surface area contributed by atoms with Crippen LogP contribution in [0.25, 0.3) is 11.2 Å². The van der Waals surface area contributed by atoms with Gasteiger partial charge < -0.3 is 25.5 Å². The molecule has 1 saturated carbocycles. The van der Waals surface area contributed by atoms with E-state index in [0.29, 0.717) is 4.57 Å². The standard InChI is InChI=1S/C15H20N4O9/c1-17-7-10(16-13(17)26)19(14(27)18(2)11(7)23)4-5-8(21)9(22)6(20)3-15(5,28)12(24)25/h5-6,8-9,20-22,28H,3-4H2,1-2H3,(H,16,26)(H,24,25)/t5?,6-,8-,9?,15?/m1/s1. The number of nitrogens with one attached hydrogen (secondary N) is 1. The molecule has 6 N–H and O–H groups in total. The smallest absolute Gasteiger partial charge is 0.336 e. The molecule has 0 amide bonds. The highest BCUT2D eigenvalue weighted by molar-refractivity contribution is 5.78. The van der Waals surface area contributed by atoms with Crippen LogP contribution in [-0.2, 0) is 25.4 Å². The molecule has 0 aromatic carbocycles. The molecule has 0 bridgehead atoms. The van der Waals surface area contributed by atoms with E-state index < -0.39 is 65.7 Å². The van der Waals surface area contributed by atoms with Gasteiger partial charge in [0.15, 0.2) is 11.1 Å². The van der Waals surface area contributed by atoms with Crippen LogP contribution < -0.4 is 16.9 Å². The molecule has 0 radical (unpaired) electrons.